The first-order valence-corrected chi connectivity index (χ1v) is 4.87. The molecule has 0 heterocycles. The molecule has 0 N–H and O–H groups in total. The van der Waals surface area contributed by atoms with E-state index in [1.165, 1.54) is 12.0 Å². The standard InChI is InChI=1S/C12H16N/c1-3-13(2)12-9-11(12)10-7-5-4-6-8-10/h4-8,11-12H,1,3,9H2,2H3. The van der Waals surface area contributed by atoms with E-state index in [2.05, 4.69) is 49.2 Å². The van der Waals surface area contributed by atoms with E-state index < -0.39 is 0 Å². The molecule has 1 saturated carbocycles. The highest BCUT2D eigenvalue weighted by molar-refractivity contribution is 5.27. The second-order valence-corrected chi connectivity index (χ2v) is 3.80. The Morgan fingerprint density at radius 1 is 1.38 bits per heavy atom. The van der Waals surface area contributed by atoms with Crippen LogP contribution in [0.4, 0.5) is 0 Å². The molecule has 0 amide bonds. The number of likely N-dealkylation sites (N-methyl/N-ethyl adjacent to an activating group) is 1. The topological polar surface area (TPSA) is 3.24 Å². The number of hydrogen-bond donors (Lipinski definition) is 0. The molecular formula is C12H16N. The number of rotatable bonds is 3. The first-order valence-electron chi connectivity index (χ1n) is 4.87. The van der Waals surface area contributed by atoms with Crippen LogP contribution in [0.3, 0.4) is 0 Å². The molecule has 2 unspecified atom stereocenters. The third-order valence-corrected chi connectivity index (χ3v) is 2.90. The van der Waals surface area contributed by atoms with Crippen LogP contribution in [-0.4, -0.2) is 24.5 Å². The summed E-state index contributed by atoms with van der Waals surface area (Å²) in [6.07, 6.45) is 1.30. The zero-order valence-corrected chi connectivity index (χ0v) is 8.11. The lowest BCUT2D eigenvalue weighted by atomic mass is 10.1. The average molecular weight is 174 g/mol. The monoisotopic (exact) mass is 174 g/mol. The largest absolute Gasteiger partial charge is 0.303 e. The molecule has 69 valence electrons. The fourth-order valence-corrected chi connectivity index (χ4v) is 1.89. The third kappa shape index (κ3) is 1.75. The Balaban J connectivity index is 2.00. The minimum atomic E-state index is 0.736. The van der Waals surface area contributed by atoms with Crippen molar-refractivity contribution in [1.29, 1.82) is 0 Å². The molecule has 1 aromatic rings. The molecule has 2 atom stereocenters. The van der Waals surface area contributed by atoms with Gasteiger partial charge in [0.1, 0.15) is 0 Å². The van der Waals surface area contributed by atoms with Gasteiger partial charge in [-0.15, -0.1) is 0 Å². The van der Waals surface area contributed by atoms with Crippen molar-refractivity contribution in [2.75, 3.05) is 13.6 Å². The van der Waals surface area contributed by atoms with Crippen LogP contribution in [0.2, 0.25) is 0 Å². The van der Waals surface area contributed by atoms with Crippen LogP contribution in [0, 0.1) is 6.92 Å². The summed E-state index contributed by atoms with van der Waals surface area (Å²) < 4.78 is 0. The molecule has 0 spiro atoms. The predicted octanol–water partition coefficient (Wildman–Crippen LogP) is 2.31. The third-order valence-electron chi connectivity index (χ3n) is 2.90. The number of hydrogen-bond acceptors (Lipinski definition) is 1. The van der Waals surface area contributed by atoms with Gasteiger partial charge in [0.2, 0.25) is 0 Å². The molecule has 1 radical (unpaired) electrons. The van der Waals surface area contributed by atoms with Crippen LogP contribution in [0.1, 0.15) is 17.9 Å². The van der Waals surface area contributed by atoms with E-state index in [1.807, 2.05) is 0 Å². The smallest absolute Gasteiger partial charge is 0.0168 e. The second kappa shape index (κ2) is 3.51. The molecule has 13 heavy (non-hydrogen) atoms. The highest BCUT2D eigenvalue weighted by Gasteiger charge is 2.40. The van der Waals surface area contributed by atoms with Crippen molar-refractivity contribution < 1.29 is 0 Å². The lowest BCUT2D eigenvalue weighted by Crippen LogP contribution is -2.21. The van der Waals surface area contributed by atoms with E-state index in [1.54, 1.807) is 0 Å². The Morgan fingerprint density at radius 2 is 2.08 bits per heavy atom. The SMILES string of the molecule is [CH2]CN(C)C1CC1c1ccccc1. The molecule has 0 aliphatic heterocycles. The van der Waals surface area contributed by atoms with Crippen LogP contribution >= 0.6 is 0 Å². The quantitative estimate of drug-likeness (QED) is 0.679. The van der Waals surface area contributed by atoms with Crippen molar-refractivity contribution in [3.8, 4) is 0 Å². The van der Waals surface area contributed by atoms with E-state index in [0.29, 0.717) is 0 Å². The first-order chi connectivity index (χ1) is 6.33. The van der Waals surface area contributed by atoms with Gasteiger partial charge in [-0.05, 0) is 32.5 Å². The minimum Gasteiger partial charge on any atom is -0.303 e. The summed E-state index contributed by atoms with van der Waals surface area (Å²) in [5.41, 5.74) is 1.48. The van der Waals surface area contributed by atoms with Gasteiger partial charge in [0, 0.05) is 12.0 Å². The zero-order chi connectivity index (χ0) is 9.26. The van der Waals surface area contributed by atoms with Gasteiger partial charge in [-0.25, -0.2) is 0 Å². The molecule has 1 nitrogen and oxygen atoms in total. The van der Waals surface area contributed by atoms with Gasteiger partial charge in [0.25, 0.3) is 0 Å². The Morgan fingerprint density at radius 3 is 2.69 bits per heavy atom. The van der Waals surface area contributed by atoms with Gasteiger partial charge in [-0.3, -0.25) is 0 Å². The molecule has 0 bridgehead atoms. The van der Waals surface area contributed by atoms with Crippen molar-refractivity contribution in [1.82, 2.24) is 4.90 Å². The Hall–Kier alpha value is -0.820. The summed E-state index contributed by atoms with van der Waals surface area (Å²) in [6.45, 7) is 4.81. The van der Waals surface area contributed by atoms with Crippen molar-refractivity contribution in [2.24, 2.45) is 0 Å². The van der Waals surface area contributed by atoms with Crippen molar-refractivity contribution in [3.05, 3.63) is 42.8 Å². The minimum absolute atomic E-state index is 0.736. The molecule has 1 aromatic carbocycles. The summed E-state index contributed by atoms with van der Waals surface area (Å²) in [5.74, 6) is 0.757. The van der Waals surface area contributed by atoms with Crippen LogP contribution in [0.25, 0.3) is 0 Å². The van der Waals surface area contributed by atoms with Crippen molar-refractivity contribution in [3.63, 3.8) is 0 Å². The van der Waals surface area contributed by atoms with Crippen molar-refractivity contribution in [2.45, 2.75) is 18.4 Å². The van der Waals surface area contributed by atoms with Gasteiger partial charge >= 0.3 is 0 Å². The average Bonchev–Trinajstić information content (AvgIpc) is 2.98. The summed E-state index contributed by atoms with van der Waals surface area (Å²) in [7, 11) is 2.15. The maximum absolute atomic E-state index is 3.90. The Bertz CT molecular complexity index is 268. The van der Waals surface area contributed by atoms with Gasteiger partial charge in [0.05, 0.1) is 0 Å². The predicted molar refractivity (Wildman–Crippen MR) is 55.6 cm³/mol. The highest BCUT2D eigenvalue weighted by atomic mass is 15.2. The molecular weight excluding hydrogens is 158 g/mol. The lowest BCUT2D eigenvalue weighted by Gasteiger charge is -2.13. The number of nitrogens with zero attached hydrogens (tertiary/aromatic N) is 1. The van der Waals surface area contributed by atoms with Crippen LogP contribution in [0.5, 0.6) is 0 Å². The second-order valence-electron chi connectivity index (χ2n) is 3.80. The Labute approximate surface area is 80.4 Å². The first kappa shape index (κ1) is 8.76. The highest BCUT2D eigenvalue weighted by Crippen LogP contribution is 2.43. The molecule has 1 heteroatoms. The van der Waals surface area contributed by atoms with Crippen LogP contribution in [0.15, 0.2) is 30.3 Å². The Kier molecular flexibility index (Phi) is 2.36. The molecule has 0 aromatic heterocycles. The maximum Gasteiger partial charge on any atom is 0.0168 e. The molecule has 1 aliphatic carbocycles. The van der Waals surface area contributed by atoms with E-state index >= 15 is 0 Å². The van der Waals surface area contributed by atoms with Gasteiger partial charge < -0.3 is 4.90 Å². The normalized spacial score (nSPS) is 26.4. The fraction of sp³-hybridized carbons (Fsp3) is 0.417. The van der Waals surface area contributed by atoms with Crippen LogP contribution in [-0.2, 0) is 0 Å². The van der Waals surface area contributed by atoms with Gasteiger partial charge in [-0.1, -0.05) is 30.3 Å². The summed E-state index contributed by atoms with van der Waals surface area (Å²) in [6, 6.07) is 11.5. The molecule has 1 fully saturated rings. The van der Waals surface area contributed by atoms with Crippen molar-refractivity contribution >= 4 is 0 Å². The summed E-state index contributed by atoms with van der Waals surface area (Å²) >= 11 is 0. The van der Waals surface area contributed by atoms with E-state index in [4.69, 9.17) is 0 Å². The van der Waals surface area contributed by atoms with Crippen LogP contribution < -0.4 is 0 Å². The molecule has 1 aliphatic rings. The van der Waals surface area contributed by atoms with Gasteiger partial charge in [-0.2, -0.15) is 0 Å². The molecule has 2 rings (SSSR count). The van der Waals surface area contributed by atoms with Gasteiger partial charge in [0.15, 0.2) is 0 Å². The summed E-state index contributed by atoms with van der Waals surface area (Å²) in [5, 5.41) is 0. The van der Waals surface area contributed by atoms with E-state index in [0.717, 1.165) is 18.5 Å². The molecule has 0 saturated heterocycles. The van der Waals surface area contributed by atoms with E-state index in [-0.39, 0.29) is 0 Å². The lowest BCUT2D eigenvalue weighted by molar-refractivity contribution is 0.352. The maximum atomic E-state index is 3.90. The van der Waals surface area contributed by atoms with E-state index in [9.17, 15) is 0 Å². The fourth-order valence-electron chi connectivity index (χ4n) is 1.89. The zero-order valence-electron chi connectivity index (χ0n) is 8.11. The number of benzene rings is 1. The summed E-state index contributed by atoms with van der Waals surface area (Å²) in [4.78, 5) is 2.33.